The van der Waals surface area contributed by atoms with Gasteiger partial charge in [-0.15, -0.1) is 0 Å². The number of quaternary nitrogens is 1. The van der Waals surface area contributed by atoms with E-state index in [-0.39, 0.29) is 10.7 Å². The molecular weight excluding hydrogens is 230 g/mol. The molecule has 1 fully saturated rings. The molecule has 0 unspecified atom stereocenters. The van der Waals surface area contributed by atoms with Crippen molar-refractivity contribution in [1.82, 2.24) is 4.98 Å². The Balaban J connectivity index is 2.27. The number of carboxylic acids is 1. The summed E-state index contributed by atoms with van der Waals surface area (Å²) in [5.41, 5.74) is -0.186. The molecule has 0 atom stereocenters. The molecule has 0 aliphatic carbocycles. The van der Waals surface area contributed by atoms with Crippen LogP contribution in [0.25, 0.3) is 0 Å². The first-order valence-corrected chi connectivity index (χ1v) is 5.51. The van der Waals surface area contributed by atoms with Crippen molar-refractivity contribution in [3.8, 4) is 0 Å². The third-order valence-corrected chi connectivity index (χ3v) is 2.86. The number of halogens is 1. The highest BCUT2D eigenvalue weighted by Gasteiger charge is 2.15. The van der Waals surface area contributed by atoms with Gasteiger partial charge in [-0.25, -0.2) is 4.98 Å². The van der Waals surface area contributed by atoms with Gasteiger partial charge in [0.05, 0.1) is 37.2 Å². The van der Waals surface area contributed by atoms with Crippen LogP contribution in [-0.2, 0) is 0 Å². The summed E-state index contributed by atoms with van der Waals surface area (Å²) < 4.78 is 0. The van der Waals surface area contributed by atoms with Gasteiger partial charge in [-0.2, -0.15) is 0 Å². The Morgan fingerprint density at radius 1 is 1.44 bits per heavy atom. The normalized spacial score (nSPS) is 16.2. The Kier molecular flexibility index (Phi) is 3.26. The standard InChI is InChI=1S/C10H12ClN3O2/c11-7-1-2-8(13-9(7)10(15)16)14-5-3-12-4-6-14/h1-2,12H,3-6H2,(H,15,16). The molecule has 1 aromatic rings. The van der Waals surface area contributed by atoms with Gasteiger partial charge in [0.2, 0.25) is 0 Å². The zero-order valence-corrected chi connectivity index (χ0v) is 9.41. The molecule has 0 aromatic carbocycles. The Morgan fingerprint density at radius 2 is 2.12 bits per heavy atom. The van der Waals surface area contributed by atoms with Crippen LogP contribution >= 0.6 is 11.6 Å². The number of nitrogens with zero attached hydrogens (tertiary/aromatic N) is 2. The zero-order chi connectivity index (χ0) is 11.5. The molecule has 16 heavy (non-hydrogen) atoms. The third kappa shape index (κ3) is 2.25. The lowest BCUT2D eigenvalue weighted by Gasteiger charge is -2.26. The minimum atomic E-state index is -1.34. The number of carboxylic acid groups (broad SMARTS) is 1. The number of anilines is 1. The lowest BCUT2D eigenvalue weighted by Crippen LogP contribution is -2.89. The lowest BCUT2D eigenvalue weighted by molar-refractivity contribution is -0.655. The maximum atomic E-state index is 10.8. The fourth-order valence-corrected chi connectivity index (χ4v) is 1.91. The first-order valence-electron chi connectivity index (χ1n) is 5.13. The number of hydrogen-bond acceptors (Lipinski definition) is 4. The zero-order valence-electron chi connectivity index (χ0n) is 8.65. The maximum absolute atomic E-state index is 10.8. The number of hydrogen-bond donors (Lipinski definition) is 1. The number of pyridine rings is 1. The SMILES string of the molecule is O=C([O-])c1nc(N2CC[NH2+]CC2)ccc1Cl. The first-order chi connectivity index (χ1) is 7.68. The van der Waals surface area contributed by atoms with Crippen molar-refractivity contribution in [2.75, 3.05) is 31.1 Å². The van der Waals surface area contributed by atoms with Crippen LogP contribution in [0.15, 0.2) is 12.1 Å². The first kappa shape index (κ1) is 11.2. The van der Waals surface area contributed by atoms with E-state index in [1.165, 1.54) is 0 Å². The van der Waals surface area contributed by atoms with Gasteiger partial charge in [0.25, 0.3) is 0 Å². The van der Waals surface area contributed by atoms with E-state index in [4.69, 9.17) is 11.6 Å². The number of carbonyl (C=O) groups excluding carboxylic acids is 1. The minimum absolute atomic E-state index is 0.118. The van der Waals surface area contributed by atoms with Gasteiger partial charge in [-0.05, 0) is 12.1 Å². The van der Waals surface area contributed by atoms with Crippen LogP contribution in [0.1, 0.15) is 10.5 Å². The van der Waals surface area contributed by atoms with E-state index < -0.39 is 5.97 Å². The molecule has 1 aromatic heterocycles. The summed E-state index contributed by atoms with van der Waals surface area (Å²) in [6, 6.07) is 3.29. The number of carbonyl (C=O) groups is 1. The summed E-state index contributed by atoms with van der Waals surface area (Å²) in [6.45, 7) is 3.71. The van der Waals surface area contributed by atoms with Gasteiger partial charge in [0, 0.05) is 0 Å². The second-order valence-electron chi connectivity index (χ2n) is 3.64. The molecule has 5 nitrogen and oxygen atoms in total. The van der Waals surface area contributed by atoms with Crippen LogP contribution in [0.5, 0.6) is 0 Å². The molecule has 1 aliphatic rings. The van der Waals surface area contributed by atoms with Crippen LogP contribution in [0.3, 0.4) is 0 Å². The van der Waals surface area contributed by atoms with Crippen molar-refractivity contribution in [2.24, 2.45) is 0 Å². The van der Waals surface area contributed by atoms with E-state index in [2.05, 4.69) is 10.3 Å². The quantitative estimate of drug-likeness (QED) is 0.683. The molecule has 1 saturated heterocycles. The Hall–Kier alpha value is -1.33. The van der Waals surface area contributed by atoms with Gasteiger partial charge >= 0.3 is 0 Å². The molecule has 0 spiro atoms. The molecule has 2 heterocycles. The third-order valence-electron chi connectivity index (χ3n) is 2.55. The maximum Gasteiger partial charge on any atom is 0.129 e. The highest BCUT2D eigenvalue weighted by atomic mass is 35.5. The van der Waals surface area contributed by atoms with Gasteiger partial charge in [-0.3, -0.25) is 0 Å². The smallest absolute Gasteiger partial charge is 0.129 e. The lowest BCUT2D eigenvalue weighted by atomic mass is 10.3. The predicted molar refractivity (Wildman–Crippen MR) is 57.4 cm³/mol. The van der Waals surface area contributed by atoms with Crippen LogP contribution in [0.2, 0.25) is 5.02 Å². The summed E-state index contributed by atoms with van der Waals surface area (Å²) in [4.78, 5) is 16.8. The molecule has 0 amide bonds. The molecule has 86 valence electrons. The van der Waals surface area contributed by atoms with E-state index in [0.717, 1.165) is 26.2 Å². The van der Waals surface area contributed by atoms with Crippen molar-refractivity contribution >= 4 is 23.4 Å². The second kappa shape index (κ2) is 4.67. The summed E-state index contributed by atoms with van der Waals surface area (Å²) in [6.07, 6.45) is 0. The van der Waals surface area contributed by atoms with Crippen LogP contribution < -0.4 is 15.3 Å². The summed E-state index contributed by atoms with van der Waals surface area (Å²) in [5.74, 6) is -0.688. The summed E-state index contributed by atoms with van der Waals surface area (Å²) in [5, 5.41) is 13.1. The highest BCUT2D eigenvalue weighted by molar-refractivity contribution is 6.33. The Morgan fingerprint density at radius 3 is 2.75 bits per heavy atom. The number of aromatic carboxylic acids is 1. The van der Waals surface area contributed by atoms with Crippen LogP contribution in [0, 0.1) is 0 Å². The number of rotatable bonds is 2. The van der Waals surface area contributed by atoms with Crippen molar-refractivity contribution < 1.29 is 15.2 Å². The van der Waals surface area contributed by atoms with E-state index >= 15 is 0 Å². The molecule has 2 rings (SSSR count). The molecular formula is C10H12ClN3O2. The molecule has 0 bridgehead atoms. The van der Waals surface area contributed by atoms with Crippen LogP contribution in [-0.4, -0.2) is 37.1 Å². The molecule has 1 aliphatic heterocycles. The topological polar surface area (TPSA) is 72.9 Å². The van der Waals surface area contributed by atoms with E-state index in [0.29, 0.717) is 5.82 Å². The van der Waals surface area contributed by atoms with E-state index in [9.17, 15) is 9.90 Å². The summed E-state index contributed by atoms with van der Waals surface area (Å²) >= 11 is 5.72. The average molecular weight is 242 g/mol. The Labute approximate surface area is 98.0 Å². The largest absolute Gasteiger partial charge is 0.543 e. The number of nitrogens with two attached hydrogens (primary N) is 1. The van der Waals surface area contributed by atoms with Gasteiger partial charge in [0.1, 0.15) is 11.5 Å². The molecule has 0 radical (unpaired) electrons. The van der Waals surface area contributed by atoms with Crippen molar-refractivity contribution in [2.45, 2.75) is 0 Å². The molecule has 6 heteroatoms. The second-order valence-corrected chi connectivity index (χ2v) is 4.05. The van der Waals surface area contributed by atoms with Gasteiger partial charge in [-0.1, -0.05) is 11.6 Å². The predicted octanol–water partition coefficient (Wildman–Crippen LogP) is -1.52. The average Bonchev–Trinajstić information content (AvgIpc) is 2.30. The molecule has 0 saturated carbocycles. The highest BCUT2D eigenvalue weighted by Crippen LogP contribution is 2.18. The molecule has 2 N–H and O–H groups in total. The van der Waals surface area contributed by atoms with Gasteiger partial charge < -0.3 is 20.1 Å². The fraction of sp³-hybridized carbons (Fsp3) is 0.400. The number of piperazine rings is 1. The van der Waals surface area contributed by atoms with Crippen molar-refractivity contribution in [3.05, 3.63) is 22.8 Å². The summed E-state index contributed by atoms with van der Waals surface area (Å²) in [7, 11) is 0. The van der Waals surface area contributed by atoms with Gasteiger partial charge in [0.15, 0.2) is 0 Å². The minimum Gasteiger partial charge on any atom is -0.543 e. The van der Waals surface area contributed by atoms with Crippen LogP contribution in [0.4, 0.5) is 5.82 Å². The van der Waals surface area contributed by atoms with Crippen molar-refractivity contribution in [1.29, 1.82) is 0 Å². The van der Waals surface area contributed by atoms with Crippen molar-refractivity contribution in [3.63, 3.8) is 0 Å². The Bertz CT molecular complexity index is 405. The van der Waals surface area contributed by atoms with E-state index in [1.54, 1.807) is 12.1 Å². The monoisotopic (exact) mass is 241 g/mol. The number of aromatic nitrogens is 1. The van der Waals surface area contributed by atoms with E-state index in [1.807, 2.05) is 4.90 Å². The fourth-order valence-electron chi connectivity index (χ4n) is 1.73.